The Morgan fingerprint density at radius 1 is 1.17 bits per heavy atom. The number of hydrogen-bond donors (Lipinski definition) is 0. The zero-order valence-electron chi connectivity index (χ0n) is 9.84. The van der Waals surface area contributed by atoms with Crippen molar-refractivity contribution in [3.8, 4) is 5.75 Å². The van der Waals surface area contributed by atoms with Crippen molar-refractivity contribution in [2.45, 2.75) is 16.6 Å². The molecule has 0 fully saturated rings. The van der Waals surface area contributed by atoms with Crippen LogP contribution in [0.5, 0.6) is 5.75 Å². The number of rotatable bonds is 4. The second kappa shape index (κ2) is 5.44. The quantitative estimate of drug-likeness (QED) is 0.464. The van der Waals surface area contributed by atoms with Crippen molar-refractivity contribution < 1.29 is 12.6 Å². The van der Waals surface area contributed by atoms with E-state index < -0.39 is 13.4 Å². The fourth-order valence-electron chi connectivity index (χ4n) is 1.65. The molecule has 0 radical (unpaired) electrons. The summed E-state index contributed by atoms with van der Waals surface area (Å²) in [6.45, 7) is 1.82. The van der Waals surface area contributed by atoms with Crippen LogP contribution in [0.15, 0.2) is 42.5 Å². The van der Waals surface area contributed by atoms with E-state index >= 15 is 0 Å². The minimum absolute atomic E-state index is 0.392. The fraction of sp³-hybridized carbons (Fsp3) is 0.231. The molecule has 96 valence electrons. The second-order valence-corrected chi connectivity index (χ2v) is 7.94. The van der Waals surface area contributed by atoms with Gasteiger partial charge in [-0.3, -0.25) is 0 Å². The highest BCUT2D eigenvalue weighted by atomic mass is 127. The Labute approximate surface area is 120 Å². The normalized spacial score (nSPS) is 13.4. The van der Waals surface area contributed by atoms with Crippen LogP contribution >= 0.6 is 22.6 Å². The molecule has 0 N–H and O–H groups in total. The van der Waals surface area contributed by atoms with Crippen LogP contribution in [0.3, 0.4) is 0 Å². The maximum Gasteiger partial charge on any atom is 0.321 e. The van der Waals surface area contributed by atoms with Crippen LogP contribution in [0.4, 0.5) is 0 Å². The summed E-state index contributed by atoms with van der Waals surface area (Å²) in [6, 6.07) is 13.0. The third-order valence-electron chi connectivity index (χ3n) is 2.59. The van der Waals surface area contributed by atoms with E-state index in [1.54, 1.807) is 12.1 Å². The van der Waals surface area contributed by atoms with Gasteiger partial charge in [-0.1, -0.05) is 65.9 Å². The highest BCUT2D eigenvalue weighted by Gasteiger charge is 2.23. The SMILES string of the molecule is CCC(I)S(=O)(=O)Oc1cccc2ccccc12. The predicted octanol–water partition coefficient (Wildman–Crippen LogP) is 3.72. The highest BCUT2D eigenvalue weighted by Crippen LogP contribution is 2.28. The number of fused-ring (bicyclic) bond motifs is 1. The molecule has 5 heteroatoms. The summed E-state index contributed by atoms with van der Waals surface area (Å²) in [5.74, 6) is 0.392. The molecule has 0 saturated heterocycles. The Morgan fingerprint density at radius 2 is 1.83 bits per heavy atom. The first-order valence-electron chi connectivity index (χ1n) is 5.59. The summed E-state index contributed by atoms with van der Waals surface area (Å²) in [6.07, 6.45) is 0.521. The van der Waals surface area contributed by atoms with Crippen LogP contribution in [0.1, 0.15) is 13.3 Å². The minimum atomic E-state index is -3.57. The average molecular weight is 376 g/mol. The lowest BCUT2D eigenvalue weighted by molar-refractivity contribution is 0.486. The largest absolute Gasteiger partial charge is 0.381 e. The number of hydrogen-bond acceptors (Lipinski definition) is 3. The van der Waals surface area contributed by atoms with Crippen molar-refractivity contribution in [2.24, 2.45) is 0 Å². The molecule has 1 atom stereocenters. The molecule has 2 aromatic rings. The summed E-state index contributed by atoms with van der Waals surface area (Å²) in [5, 5.41) is 1.77. The van der Waals surface area contributed by atoms with E-state index in [1.165, 1.54) is 0 Å². The molecule has 0 aliphatic heterocycles. The molecule has 0 saturated carbocycles. The van der Waals surface area contributed by atoms with E-state index in [0.29, 0.717) is 12.2 Å². The van der Waals surface area contributed by atoms with Gasteiger partial charge in [0.25, 0.3) is 0 Å². The van der Waals surface area contributed by atoms with Crippen LogP contribution in [0, 0.1) is 0 Å². The molecule has 0 amide bonds. The topological polar surface area (TPSA) is 43.4 Å². The van der Waals surface area contributed by atoms with Gasteiger partial charge in [0.15, 0.2) is 0 Å². The molecule has 0 aliphatic carbocycles. The van der Waals surface area contributed by atoms with Gasteiger partial charge in [-0.15, -0.1) is 0 Å². The van der Waals surface area contributed by atoms with Crippen molar-refractivity contribution in [3.05, 3.63) is 42.5 Å². The first-order valence-corrected chi connectivity index (χ1v) is 8.31. The van der Waals surface area contributed by atoms with Crippen molar-refractivity contribution >= 4 is 43.5 Å². The Morgan fingerprint density at radius 3 is 2.56 bits per heavy atom. The van der Waals surface area contributed by atoms with Crippen LogP contribution in [0.2, 0.25) is 0 Å². The molecule has 0 bridgehead atoms. The third kappa shape index (κ3) is 2.77. The Bertz CT molecular complexity index is 647. The summed E-state index contributed by atoms with van der Waals surface area (Å²) in [7, 11) is -3.57. The van der Waals surface area contributed by atoms with Crippen LogP contribution in [-0.2, 0) is 10.1 Å². The zero-order chi connectivity index (χ0) is 13.2. The van der Waals surface area contributed by atoms with Gasteiger partial charge >= 0.3 is 10.1 Å². The lowest BCUT2D eigenvalue weighted by atomic mass is 10.1. The van der Waals surface area contributed by atoms with E-state index in [4.69, 9.17) is 4.18 Å². The maximum atomic E-state index is 11.9. The maximum absolute atomic E-state index is 11.9. The molecule has 2 rings (SSSR count). The fourth-order valence-corrected chi connectivity index (χ4v) is 2.87. The molecule has 0 heterocycles. The summed E-state index contributed by atoms with van der Waals surface area (Å²) in [4.78, 5) is 0. The van der Waals surface area contributed by atoms with Crippen molar-refractivity contribution in [1.29, 1.82) is 0 Å². The van der Waals surface area contributed by atoms with Crippen molar-refractivity contribution in [3.63, 3.8) is 0 Å². The second-order valence-electron chi connectivity index (χ2n) is 3.87. The minimum Gasteiger partial charge on any atom is -0.381 e. The lowest BCUT2D eigenvalue weighted by Crippen LogP contribution is -2.19. The Balaban J connectivity index is 2.44. The number of halogens is 1. The van der Waals surface area contributed by atoms with E-state index in [0.717, 1.165) is 10.8 Å². The first kappa shape index (κ1) is 13.6. The molecule has 1 unspecified atom stereocenters. The predicted molar refractivity (Wildman–Crippen MR) is 81.6 cm³/mol. The molecular formula is C13H13IO3S. The zero-order valence-corrected chi connectivity index (χ0v) is 12.8. The number of benzene rings is 2. The van der Waals surface area contributed by atoms with Gasteiger partial charge in [-0.05, 0) is 17.9 Å². The van der Waals surface area contributed by atoms with Crippen LogP contribution < -0.4 is 4.18 Å². The van der Waals surface area contributed by atoms with Gasteiger partial charge in [0.2, 0.25) is 0 Å². The first-order chi connectivity index (χ1) is 8.54. The monoisotopic (exact) mass is 376 g/mol. The molecule has 2 aromatic carbocycles. The Hall–Kier alpha value is -0.820. The van der Waals surface area contributed by atoms with E-state index in [1.807, 2.05) is 59.8 Å². The van der Waals surface area contributed by atoms with Crippen molar-refractivity contribution in [1.82, 2.24) is 0 Å². The number of alkyl halides is 1. The van der Waals surface area contributed by atoms with E-state index in [9.17, 15) is 8.42 Å². The van der Waals surface area contributed by atoms with Gasteiger partial charge in [0.05, 0.1) is 0 Å². The van der Waals surface area contributed by atoms with Crippen molar-refractivity contribution in [2.75, 3.05) is 0 Å². The molecule has 0 aliphatic rings. The Kier molecular flexibility index (Phi) is 4.11. The van der Waals surface area contributed by atoms with Gasteiger partial charge in [0, 0.05) is 5.39 Å². The van der Waals surface area contributed by atoms with Crippen LogP contribution in [-0.4, -0.2) is 11.7 Å². The van der Waals surface area contributed by atoms with E-state index in [-0.39, 0.29) is 0 Å². The molecular weight excluding hydrogens is 363 g/mol. The smallest absolute Gasteiger partial charge is 0.321 e. The van der Waals surface area contributed by atoms with E-state index in [2.05, 4.69) is 0 Å². The molecule has 0 aromatic heterocycles. The molecule has 18 heavy (non-hydrogen) atoms. The standard InChI is InChI=1S/C13H13IO3S/c1-2-13(14)18(15,16)17-12-9-5-7-10-6-3-4-8-11(10)12/h3-9,13H,2H2,1H3. The third-order valence-corrected chi connectivity index (χ3v) is 6.71. The molecule has 0 spiro atoms. The lowest BCUT2D eigenvalue weighted by Gasteiger charge is -2.12. The summed E-state index contributed by atoms with van der Waals surface area (Å²) < 4.78 is 28.6. The highest BCUT2D eigenvalue weighted by molar-refractivity contribution is 14.1. The van der Waals surface area contributed by atoms with Gasteiger partial charge in [-0.2, -0.15) is 8.42 Å². The van der Waals surface area contributed by atoms with Gasteiger partial charge in [-0.25, -0.2) is 0 Å². The van der Waals surface area contributed by atoms with Crippen LogP contribution in [0.25, 0.3) is 10.8 Å². The van der Waals surface area contributed by atoms with Gasteiger partial charge < -0.3 is 4.18 Å². The van der Waals surface area contributed by atoms with Gasteiger partial charge in [0.1, 0.15) is 9.01 Å². The molecule has 3 nitrogen and oxygen atoms in total. The average Bonchev–Trinajstić information content (AvgIpc) is 2.38. The summed E-state index contributed by atoms with van der Waals surface area (Å²) in [5.41, 5.74) is 0. The summed E-state index contributed by atoms with van der Waals surface area (Å²) >= 11 is 1.89.